The third-order valence-electron chi connectivity index (χ3n) is 4.16. The number of hydrogen-bond donors (Lipinski definition) is 2. The van der Waals surface area contributed by atoms with E-state index in [0.29, 0.717) is 11.6 Å². The van der Waals surface area contributed by atoms with Gasteiger partial charge in [-0.3, -0.25) is 4.79 Å². The number of primary amides is 1. The minimum Gasteiger partial charge on any atom is -0.366 e. The van der Waals surface area contributed by atoms with Crippen molar-refractivity contribution in [2.45, 2.75) is 4.90 Å². The van der Waals surface area contributed by atoms with E-state index in [0.717, 1.165) is 16.1 Å². The molecule has 2 aromatic heterocycles. The highest BCUT2D eigenvalue weighted by Gasteiger charge is 2.25. The standard InChI is InChI=1S/C18H12F2N4O3S/c19-10-6-7-15(12(20)9-10)28(26,27)24-8-2-5-14(24)18-22-13-4-1-3-11(17(21)25)16(13)23-18/h1-9H,(H2,21,25)(H,22,23). The lowest BCUT2D eigenvalue weighted by Crippen LogP contribution is -2.15. The number of carbonyl (C=O) groups excluding carboxylic acids is 1. The molecule has 0 aliphatic rings. The summed E-state index contributed by atoms with van der Waals surface area (Å²) in [4.78, 5) is 18.1. The minimum atomic E-state index is -4.36. The number of nitrogens with one attached hydrogen (secondary N) is 1. The lowest BCUT2D eigenvalue weighted by atomic mass is 10.2. The van der Waals surface area contributed by atoms with Crippen LogP contribution in [0.2, 0.25) is 0 Å². The Balaban J connectivity index is 1.89. The zero-order valence-corrected chi connectivity index (χ0v) is 14.9. The number of hydrogen-bond acceptors (Lipinski definition) is 4. The van der Waals surface area contributed by atoms with Crippen molar-refractivity contribution in [1.29, 1.82) is 0 Å². The van der Waals surface area contributed by atoms with Gasteiger partial charge in [0.05, 0.1) is 16.8 Å². The SMILES string of the molecule is NC(=O)c1cccc2[nH]c(-c3cccn3S(=O)(=O)c3ccc(F)cc3F)nc12. The Bertz CT molecular complexity index is 1340. The normalized spacial score (nSPS) is 11.8. The number of rotatable bonds is 4. The van der Waals surface area contributed by atoms with Crippen LogP contribution in [0.3, 0.4) is 0 Å². The van der Waals surface area contributed by atoms with Crippen molar-refractivity contribution in [2.24, 2.45) is 5.73 Å². The molecule has 0 saturated carbocycles. The van der Waals surface area contributed by atoms with Crippen molar-refractivity contribution in [2.75, 3.05) is 0 Å². The van der Waals surface area contributed by atoms with Gasteiger partial charge in [0, 0.05) is 12.3 Å². The molecule has 4 rings (SSSR count). The number of amides is 1. The maximum atomic E-state index is 14.1. The summed E-state index contributed by atoms with van der Waals surface area (Å²) in [6, 6.07) is 9.87. The highest BCUT2D eigenvalue weighted by Crippen LogP contribution is 2.27. The molecule has 0 aliphatic carbocycles. The molecule has 0 bridgehead atoms. The number of nitrogens with zero attached hydrogens (tertiary/aromatic N) is 2. The number of H-pyrrole nitrogens is 1. The van der Waals surface area contributed by atoms with Gasteiger partial charge in [-0.15, -0.1) is 0 Å². The van der Waals surface area contributed by atoms with Crippen LogP contribution in [0.4, 0.5) is 8.78 Å². The number of para-hydroxylation sites is 1. The van der Waals surface area contributed by atoms with Crippen LogP contribution >= 0.6 is 0 Å². The lowest BCUT2D eigenvalue weighted by Gasteiger charge is -2.10. The molecule has 0 aliphatic heterocycles. The summed E-state index contributed by atoms with van der Waals surface area (Å²) in [6.45, 7) is 0. The molecule has 7 nitrogen and oxygen atoms in total. The van der Waals surface area contributed by atoms with Gasteiger partial charge in [0.15, 0.2) is 5.82 Å². The monoisotopic (exact) mass is 402 g/mol. The average Bonchev–Trinajstić information content (AvgIpc) is 3.27. The summed E-state index contributed by atoms with van der Waals surface area (Å²) in [6.07, 6.45) is 1.22. The van der Waals surface area contributed by atoms with E-state index >= 15 is 0 Å². The Morgan fingerprint density at radius 1 is 1.11 bits per heavy atom. The molecule has 4 aromatic rings. The van der Waals surface area contributed by atoms with Crippen molar-refractivity contribution in [1.82, 2.24) is 13.9 Å². The number of halogens is 2. The summed E-state index contributed by atoms with van der Waals surface area (Å²) >= 11 is 0. The summed E-state index contributed by atoms with van der Waals surface area (Å²) in [5, 5.41) is 0. The molecule has 0 radical (unpaired) electrons. The Hall–Kier alpha value is -3.53. The van der Waals surface area contributed by atoms with E-state index < -0.39 is 32.5 Å². The molecule has 0 spiro atoms. The predicted octanol–water partition coefficient (Wildman–Crippen LogP) is 2.65. The van der Waals surface area contributed by atoms with Crippen molar-refractivity contribution in [3.63, 3.8) is 0 Å². The van der Waals surface area contributed by atoms with E-state index in [1.54, 1.807) is 12.1 Å². The van der Waals surface area contributed by atoms with E-state index in [4.69, 9.17) is 5.73 Å². The smallest absolute Gasteiger partial charge is 0.271 e. The van der Waals surface area contributed by atoms with Crippen molar-refractivity contribution >= 4 is 27.0 Å². The second-order valence-electron chi connectivity index (χ2n) is 5.92. The fourth-order valence-electron chi connectivity index (χ4n) is 2.90. The summed E-state index contributed by atoms with van der Waals surface area (Å²) in [5.74, 6) is -2.64. The molecule has 142 valence electrons. The van der Waals surface area contributed by atoms with Crippen LogP contribution in [0.15, 0.2) is 59.6 Å². The van der Waals surface area contributed by atoms with E-state index in [1.165, 1.54) is 24.4 Å². The van der Waals surface area contributed by atoms with Gasteiger partial charge in [-0.2, -0.15) is 0 Å². The maximum Gasteiger partial charge on any atom is 0.271 e. The first-order valence-electron chi connectivity index (χ1n) is 7.96. The van der Waals surface area contributed by atoms with E-state index in [2.05, 4.69) is 9.97 Å². The Kier molecular flexibility index (Phi) is 4.00. The number of carbonyl (C=O) groups is 1. The fourth-order valence-corrected chi connectivity index (χ4v) is 4.30. The molecule has 2 aromatic carbocycles. The van der Waals surface area contributed by atoms with E-state index in [-0.39, 0.29) is 22.6 Å². The lowest BCUT2D eigenvalue weighted by molar-refractivity contribution is 0.100. The van der Waals surface area contributed by atoms with Crippen LogP contribution in [0.5, 0.6) is 0 Å². The number of aromatic nitrogens is 3. The zero-order chi connectivity index (χ0) is 20.1. The number of nitrogens with two attached hydrogens (primary N) is 1. The van der Waals surface area contributed by atoms with Crippen LogP contribution in [0.1, 0.15) is 10.4 Å². The molecule has 0 saturated heterocycles. The predicted molar refractivity (Wildman–Crippen MR) is 97.0 cm³/mol. The second kappa shape index (κ2) is 6.27. The van der Waals surface area contributed by atoms with Crippen LogP contribution in [0, 0.1) is 11.6 Å². The number of imidazole rings is 1. The van der Waals surface area contributed by atoms with Gasteiger partial charge in [-0.05, 0) is 36.4 Å². The van der Waals surface area contributed by atoms with Gasteiger partial charge in [0.2, 0.25) is 0 Å². The summed E-state index contributed by atoms with van der Waals surface area (Å²) in [7, 11) is -4.36. The molecule has 3 N–H and O–H groups in total. The van der Waals surface area contributed by atoms with Gasteiger partial charge in [-0.25, -0.2) is 26.2 Å². The molecule has 1 amide bonds. The van der Waals surface area contributed by atoms with Crippen LogP contribution in [0.25, 0.3) is 22.6 Å². The second-order valence-corrected chi connectivity index (χ2v) is 7.70. The number of benzene rings is 2. The van der Waals surface area contributed by atoms with Crippen molar-refractivity contribution in [3.8, 4) is 11.5 Å². The molecule has 0 atom stereocenters. The highest BCUT2D eigenvalue weighted by molar-refractivity contribution is 7.90. The Morgan fingerprint density at radius 3 is 2.61 bits per heavy atom. The Labute approximate surface area is 157 Å². The quantitative estimate of drug-likeness (QED) is 0.547. The maximum absolute atomic E-state index is 14.1. The number of fused-ring (bicyclic) bond motifs is 1. The van der Waals surface area contributed by atoms with E-state index in [9.17, 15) is 22.0 Å². The van der Waals surface area contributed by atoms with E-state index in [1.807, 2.05) is 0 Å². The van der Waals surface area contributed by atoms with Gasteiger partial charge in [0.1, 0.15) is 22.0 Å². The number of aromatic amines is 1. The third kappa shape index (κ3) is 2.74. The van der Waals surface area contributed by atoms with Gasteiger partial charge >= 0.3 is 0 Å². The van der Waals surface area contributed by atoms with Gasteiger partial charge in [-0.1, -0.05) is 6.07 Å². The molecule has 10 heteroatoms. The molecular weight excluding hydrogens is 390 g/mol. The first-order chi connectivity index (χ1) is 13.3. The molecule has 28 heavy (non-hydrogen) atoms. The zero-order valence-electron chi connectivity index (χ0n) is 14.1. The largest absolute Gasteiger partial charge is 0.366 e. The highest BCUT2D eigenvalue weighted by atomic mass is 32.2. The third-order valence-corrected chi connectivity index (χ3v) is 5.89. The van der Waals surface area contributed by atoms with Gasteiger partial charge in [0.25, 0.3) is 15.9 Å². The topological polar surface area (TPSA) is 111 Å². The molecular formula is C18H12F2N4O3S. The average molecular weight is 402 g/mol. The van der Waals surface area contributed by atoms with Crippen molar-refractivity contribution in [3.05, 3.63) is 71.9 Å². The van der Waals surface area contributed by atoms with Crippen LogP contribution in [-0.4, -0.2) is 28.3 Å². The summed E-state index contributed by atoms with van der Waals surface area (Å²) < 4.78 is 53.8. The van der Waals surface area contributed by atoms with Crippen LogP contribution in [-0.2, 0) is 10.0 Å². The fraction of sp³-hybridized carbons (Fsp3) is 0. The summed E-state index contributed by atoms with van der Waals surface area (Å²) in [5.41, 5.74) is 6.38. The van der Waals surface area contributed by atoms with Crippen LogP contribution < -0.4 is 5.73 Å². The van der Waals surface area contributed by atoms with Crippen molar-refractivity contribution < 1.29 is 22.0 Å². The molecule has 0 unspecified atom stereocenters. The Morgan fingerprint density at radius 2 is 1.89 bits per heavy atom. The van der Waals surface area contributed by atoms with Gasteiger partial charge < -0.3 is 10.7 Å². The molecule has 2 heterocycles. The minimum absolute atomic E-state index is 0.107. The molecule has 0 fully saturated rings. The first-order valence-corrected chi connectivity index (χ1v) is 9.40. The first kappa shape index (κ1) is 17.9.